The Morgan fingerprint density at radius 1 is 1.18 bits per heavy atom. The Hall–Kier alpha value is -1.60. The van der Waals surface area contributed by atoms with E-state index in [1.165, 1.54) is 20.8 Å². The van der Waals surface area contributed by atoms with Crippen LogP contribution in [-0.2, 0) is 24.0 Å². The second kappa shape index (κ2) is 8.75. The molecule has 0 saturated carbocycles. The Kier molecular flexibility index (Phi) is 8.11. The maximum atomic E-state index is 12.0. The zero-order valence-electron chi connectivity index (χ0n) is 14.1. The smallest absolute Gasteiger partial charge is 0.450 e. The highest BCUT2D eigenvalue weighted by molar-refractivity contribution is 5.87. The van der Waals surface area contributed by atoms with Crippen LogP contribution in [-0.4, -0.2) is 35.2 Å². The molecule has 22 heavy (non-hydrogen) atoms. The number of allylic oxidation sites excluding steroid dienone is 1. The van der Waals surface area contributed by atoms with Gasteiger partial charge in [-0.3, -0.25) is 0 Å². The molecule has 1 unspecified atom stereocenters. The van der Waals surface area contributed by atoms with Crippen molar-refractivity contribution in [1.29, 1.82) is 0 Å². The minimum absolute atomic E-state index is 0.287. The first-order valence-corrected chi connectivity index (χ1v) is 7.18. The van der Waals surface area contributed by atoms with Crippen molar-refractivity contribution in [3.63, 3.8) is 0 Å². The summed E-state index contributed by atoms with van der Waals surface area (Å²) in [7, 11) is 0. The standard InChI is InChI=1S/C15H26O7/c1-7-9-10-19-22-15(6,14(4,5)21-13(17)18)20-12(16)11(3)8-2/h8H,7,9-10H2,1-6H3,(H,17,18). The lowest BCUT2D eigenvalue weighted by Crippen LogP contribution is -2.55. The normalized spacial score (nSPS) is 15.1. The van der Waals surface area contributed by atoms with Crippen LogP contribution in [0.25, 0.3) is 0 Å². The van der Waals surface area contributed by atoms with E-state index in [2.05, 4.69) is 0 Å². The lowest BCUT2D eigenvalue weighted by atomic mass is 9.99. The van der Waals surface area contributed by atoms with E-state index < -0.39 is 23.5 Å². The highest BCUT2D eigenvalue weighted by Gasteiger charge is 2.51. The Morgan fingerprint density at radius 2 is 1.77 bits per heavy atom. The number of carbonyl (C=O) groups is 2. The molecule has 0 saturated heterocycles. The van der Waals surface area contributed by atoms with E-state index in [0.717, 1.165) is 12.8 Å². The van der Waals surface area contributed by atoms with E-state index in [1.807, 2.05) is 6.92 Å². The van der Waals surface area contributed by atoms with E-state index in [1.54, 1.807) is 19.9 Å². The van der Waals surface area contributed by atoms with Crippen LogP contribution >= 0.6 is 0 Å². The average molecular weight is 318 g/mol. The highest BCUT2D eigenvalue weighted by atomic mass is 17.2. The van der Waals surface area contributed by atoms with Crippen molar-refractivity contribution in [1.82, 2.24) is 0 Å². The molecule has 1 atom stereocenters. The second-order valence-electron chi connectivity index (χ2n) is 5.44. The van der Waals surface area contributed by atoms with Gasteiger partial charge >= 0.3 is 12.1 Å². The van der Waals surface area contributed by atoms with Crippen LogP contribution in [0.15, 0.2) is 11.6 Å². The molecule has 1 N–H and O–H groups in total. The van der Waals surface area contributed by atoms with E-state index in [9.17, 15) is 9.59 Å². The second-order valence-corrected chi connectivity index (χ2v) is 5.44. The van der Waals surface area contributed by atoms with E-state index in [-0.39, 0.29) is 6.61 Å². The molecular weight excluding hydrogens is 292 g/mol. The van der Waals surface area contributed by atoms with E-state index in [4.69, 9.17) is 24.4 Å². The molecule has 7 heteroatoms. The fourth-order valence-corrected chi connectivity index (χ4v) is 1.28. The number of hydrogen-bond acceptors (Lipinski definition) is 6. The van der Waals surface area contributed by atoms with Crippen LogP contribution < -0.4 is 0 Å². The summed E-state index contributed by atoms with van der Waals surface area (Å²) < 4.78 is 10.1. The molecule has 0 heterocycles. The molecule has 0 fully saturated rings. The van der Waals surface area contributed by atoms with Gasteiger partial charge in [-0.1, -0.05) is 19.4 Å². The van der Waals surface area contributed by atoms with Crippen LogP contribution in [0.1, 0.15) is 54.4 Å². The molecule has 0 aliphatic heterocycles. The maximum Gasteiger partial charge on any atom is 0.506 e. The summed E-state index contributed by atoms with van der Waals surface area (Å²) >= 11 is 0. The van der Waals surface area contributed by atoms with Crippen molar-refractivity contribution < 1.29 is 33.9 Å². The third-order valence-corrected chi connectivity index (χ3v) is 3.28. The SMILES string of the molecule is CC=C(C)C(=O)OC(C)(OOCCCC)C(C)(C)OC(=O)O. The predicted octanol–water partition coefficient (Wildman–Crippen LogP) is 3.43. The number of carboxylic acid groups (broad SMARTS) is 1. The fourth-order valence-electron chi connectivity index (χ4n) is 1.28. The van der Waals surface area contributed by atoms with Gasteiger partial charge in [0.05, 0.1) is 6.61 Å². The quantitative estimate of drug-likeness (QED) is 0.174. The van der Waals surface area contributed by atoms with Crippen LogP contribution in [0.4, 0.5) is 4.79 Å². The summed E-state index contributed by atoms with van der Waals surface area (Å²) in [4.78, 5) is 33.1. The lowest BCUT2D eigenvalue weighted by molar-refractivity contribution is -0.444. The first-order chi connectivity index (χ1) is 10.1. The van der Waals surface area contributed by atoms with Crippen LogP contribution in [0.3, 0.4) is 0 Å². The summed E-state index contributed by atoms with van der Waals surface area (Å²) in [5.41, 5.74) is -1.12. The van der Waals surface area contributed by atoms with Gasteiger partial charge in [0.15, 0.2) is 5.60 Å². The molecule has 0 bridgehead atoms. The number of unbranched alkanes of at least 4 members (excludes halogenated alkanes) is 1. The number of rotatable bonds is 9. The van der Waals surface area contributed by atoms with Crippen LogP contribution in [0.5, 0.6) is 0 Å². The minimum Gasteiger partial charge on any atom is -0.450 e. The molecule has 0 aliphatic carbocycles. The van der Waals surface area contributed by atoms with E-state index in [0.29, 0.717) is 5.57 Å². The lowest BCUT2D eigenvalue weighted by Gasteiger charge is -2.39. The third kappa shape index (κ3) is 6.03. The van der Waals surface area contributed by atoms with Gasteiger partial charge in [-0.15, -0.1) is 0 Å². The summed E-state index contributed by atoms with van der Waals surface area (Å²) in [6.07, 6.45) is 1.71. The fraction of sp³-hybridized carbons (Fsp3) is 0.733. The first-order valence-electron chi connectivity index (χ1n) is 7.18. The Morgan fingerprint density at radius 3 is 2.23 bits per heavy atom. The van der Waals surface area contributed by atoms with Gasteiger partial charge in [-0.05, 0) is 34.1 Å². The monoisotopic (exact) mass is 318 g/mol. The molecular formula is C15H26O7. The predicted molar refractivity (Wildman–Crippen MR) is 79.1 cm³/mol. The van der Waals surface area contributed by atoms with E-state index >= 15 is 0 Å². The molecule has 0 aromatic carbocycles. The molecule has 128 valence electrons. The maximum absolute atomic E-state index is 12.0. The molecule has 0 radical (unpaired) electrons. The zero-order valence-corrected chi connectivity index (χ0v) is 14.1. The molecule has 0 aliphatic rings. The summed E-state index contributed by atoms with van der Waals surface area (Å²) in [6, 6.07) is 0. The van der Waals surface area contributed by atoms with Crippen molar-refractivity contribution in [3.8, 4) is 0 Å². The molecule has 0 rings (SSSR count). The van der Waals surface area contributed by atoms with Gasteiger partial charge in [0.25, 0.3) is 5.79 Å². The number of hydrogen-bond donors (Lipinski definition) is 1. The Labute approximate surface area is 131 Å². The van der Waals surface area contributed by atoms with Crippen LogP contribution in [0.2, 0.25) is 0 Å². The molecule has 0 aromatic heterocycles. The molecule has 0 spiro atoms. The van der Waals surface area contributed by atoms with Crippen LogP contribution in [0, 0.1) is 0 Å². The van der Waals surface area contributed by atoms with Gasteiger partial charge in [-0.25, -0.2) is 14.5 Å². The Bertz CT molecular complexity index is 414. The molecule has 0 aromatic rings. The van der Waals surface area contributed by atoms with Gasteiger partial charge in [-0.2, -0.15) is 4.89 Å². The molecule has 7 nitrogen and oxygen atoms in total. The number of esters is 1. The summed E-state index contributed by atoms with van der Waals surface area (Å²) in [5, 5.41) is 8.84. The van der Waals surface area contributed by atoms with Gasteiger partial charge in [0, 0.05) is 12.5 Å². The minimum atomic E-state index is -1.74. The number of carbonyl (C=O) groups excluding carboxylic acids is 1. The zero-order chi connectivity index (χ0) is 17.4. The average Bonchev–Trinajstić information content (AvgIpc) is 2.41. The largest absolute Gasteiger partial charge is 0.506 e. The highest BCUT2D eigenvalue weighted by Crippen LogP contribution is 2.32. The summed E-state index contributed by atoms with van der Waals surface area (Å²) in [5.74, 6) is -2.38. The Balaban J connectivity index is 5.19. The van der Waals surface area contributed by atoms with Gasteiger partial charge < -0.3 is 14.6 Å². The van der Waals surface area contributed by atoms with Crippen molar-refractivity contribution in [2.75, 3.05) is 6.61 Å². The van der Waals surface area contributed by atoms with Gasteiger partial charge in [0.1, 0.15) is 0 Å². The van der Waals surface area contributed by atoms with Gasteiger partial charge in [0.2, 0.25) is 0 Å². The molecule has 0 amide bonds. The summed E-state index contributed by atoms with van der Waals surface area (Å²) in [6.45, 7) is 9.79. The topological polar surface area (TPSA) is 91.3 Å². The van der Waals surface area contributed by atoms with Crippen molar-refractivity contribution in [2.24, 2.45) is 0 Å². The third-order valence-electron chi connectivity index (χ3n) is 3.28. The van der Waals surface area contributed by atoms with Crippen molar-refractivity contribution in [3.05, 3.63) is 11.6 Å². The number of ether oxygens (including phenoxy) is 2. The first kappa shape index (κ1) is 20.4. The van der Waals surface area contributed by atoms with Crippen molar-refractivity contribution in [2.45, 2.75) is 65.8 Å². The van der Waals surface area contributed by atoms with Crippen molar-refractivity contribution >= 4 is 12.1 Å².